The first kappa shape index (κ1) is 20.0. The van der Waals surface area contributed by atoms with Gasteiger partial charge < -0.3 is 20.7 Å². The molecule has 6 nitrogen and oxygen atoms in total. The third kappa shape index (κ3) is 5.39. The van der Waals surface area contributed by atoms with E-state index in [0.717, 1.165) is 17.7 Å². The van der Waals surface area contributed by atoms with E-state index in [1.54, 1.807) is 7.05 Å². The van der Waals surface area contributed by atoms with Crippen molar-refractivity contribution in [1.82, 2.24) is 10.6 Å². The van der Waals surface area contributed by atoms with E-state index in [4.69, 9.17) is 16.3 Å². The van der Waals surface area contributed by atoms with Gasteiger partial charge in [0.1, 0.15) is 11.9 Å². The van der Waals surface area contributed by atoms with Crippen LogP contribution in [-0.4, -0.2) is 38.1 Å². The molecule has 0 aromatic heterocycles. The van der Waals surface area contributed by atoms with Crippen LogP contribution in [0, 0.1) is 6.92 Å². The first-order chi connectivity index (χ1) is 13.5. The minimum atomic E-state index is -0.108. The van der Waals surface area contributed by atoms with E-state index in [0.29, 0.717) is 36.2 Å². The predicted octanol–water partition coefficient (Wildman–Crippen LogP) is 3.15. The van der Waals surface area contributed by atoms with Gasteiger partial charge in [-0.25, -0.2) is 0 Å². The lowest BCUT2D eigenvalue weighted by Crippen LogP contribution is -2.43. The summed E-state index contributed by atoms with van der Waals surface area (Å²) in [6.45, 7) is 3.05. The number of carbonyl (C=O) groups excluding carboxylic acids is 1. The van der Waals surface area contributed by atoms with Crippen molar-refractivity contribution in [3.63, 3.8) is 0 Å². The average molecular weight is 401 g/mol. The van der Waals surface area contributed by atoms with Crippen LogP contribution in [0.5, 0.6) is 5.75 Å². The van der Waals surface area contributed by atoms with E-state index >= 15 is 0 Å². The zero-order valence-corrected chi connectivity index (χ0v) is 16.8. The van der Waals surface area contributed by atoms with Crippen LogP contribution in [0.4, 0.5) is 5.69 Å². The molecular formula is C21H25ClN4O2. The van der Waals surface area contributed by atoms with E-state index in [9.17, 15) is 4.79 Å². The van der Waals surface area contributed by atoms with Crippen LogP contribution in [0.2, 0.25) is 5.02 Å². The lowest BCUT2D eigenvalue weighted by molar-refractivity contribution is -0.116. The number of fused-ring (bicyclic) bond motifs is 1. The monoisotopic (exact) mass is 400 g/mol. The van der Waals surface area contributed by atoms with E-state index in [1.165, 1.54) is 5.56 Å². The Bertz CT molecular complexity index is 844. The number of guanidine groups is 1. The Hall–Kier alpha value is -2.73. The molecule has 28 heavy (non-hydrogen) atoms. The van der Waals surface area contributed by atoms with E-state index in [2.05, 4.69) is 27.0 Å². The molecule has 2 aromatic rings. The van der Waals surface area contributed by atoms with Gasteiger partial charge in [-0.05, 0) is 36.2 Å². The highest BCUT2D eigenvalue weighted by molar-refractivity contribution is 6.33. The standard InChI is InChI=1S/C21H25ClN4O2/c1-14-7-8-18(17(22)11-14)26-20(27)9-10-24-21(23-2)25-13-16-12-15-5-3-4-6-19(15)28-16/h3-8,11,16H,9-10,12-13H2,1-2H3,(H,26,27)(H2,23,24,25). The average Bonchev–Trinajstić information content (AvgIpc) is 3.09. The summed E-state index contributed by atoms with van der Waals surface area (Å²) in [5, 5.41) is 9.75. The highest BCUT2D eigenvalue weighted by atomic mass is 35.5. The molecule has 0 spiro atoms. The first-order valence-corrected chi connectivity index (χ1v) is 9.68. The lowest BCUT2D eigenvalue weighted by Gasteiger charge is -2.15. The van der Waals surface area contributed by atoms with Crippen molar-refractivity contribution >= 4 is 29.2 Å². The molecule has 0 aliphatic carbocycles. The summed E-state index contributed by atoms with van der Waals surface area (Å²) in [6, 6.07) is 13.6. The molecule has 1 unspecified atom stereocenters. The molecule has 1 aliphatic rings. The zero-order valence-electron chi connectivity index (χ0n) is 16.1. The number of halogens is 1. The van der Waals surface area contributed by atoms with Gasteiger partial charge in [-0.1, -0.05) is 35.9 Å². The zero-order chi connectivity index (χ0) is 19.9. The number of nitrogens with one attached hydrogen (secondary N) is 3. The summed E-state index contributed by atoms with van der Waals surface area (Å²) in [5.41, 5.74) is 2.90. The molecule has 0 fully saturated rings. The number of amides is 1. The Balaban J connectivity index is 1.38. The fourth-order valence-electron chi connectivity index (χ4n) is 3.03. The predicted molar refractivity (Wildman–Crippen MR) is 113 cm³/mol. The van der Waals surface area contributed by atoms with Crippen molar-refractivity contribution in [2.45, 2.75) is 25.9 Å². The molecule has 1 amide bonds. The van der Waals surface area contributed by atoms with Crippen LogP contribution in [0.15, 0.2) is 47.5 Å². The van der Waals surface area contributed by atoms with Gasteiger partial charge in [0, 0.05) is 26.4 Å². The molecule has 0 radical (unpaired) electrons. The van der Waals surface area contributed by atoms with Crippen LogP contribution in [0.1, 0.15) is 17.5 Å². The highest BCUT2D eigenvalue weighted by Gasteiger charge is 2.22. The van der Waals surface area contributed by atoms with Gasteiger partial charge in [0.05, 0.1) is 17.3 Å². The van der Waals surface area contributed by atoms with Crippen molar-refractivity contribution in [3.05, 3.63) is 58.6 Å². The van der Waals surface area contributed by atoms with Crippen molar-refractivity contribution in [2.24, 2.45) is 4.99 Å². The summed E-state index contributed by atoms with van der Waals surface area (Å²) < 4.78 is 5.91. The van der Waals surface area contributed by atoms with Gasteiger partial charge in [-0.15, -0.1) is 0 Å². The number of carbonyl (C=O) groups is 1. The molecule has 0 saturated heterocycles. The SMILES string of the molecule is CN=C(NCCC(=O)Nc1ccc(C)cc1Cl)NCC1Cc2ccccc2O1. The smallest absolute Gasteiger partial charge is 0.226 e. The van der Waals surface area contributed by atoms with Gasteiger partial charge in [-0.2, -0.15) is 0 Å². The summed E-state index contributed by atoms with van der Waals surface area (Å²) in [5.74, 6) is 1.48. The second-order valence-electron chi connectivity index (χ2n) is 6.71. The van der Waals surface area contributed by atoms with Gasteiger partial charge in [0.15, 0.2) is 5.96 Å². The van der Waals surface area contributed by atoms with Crippen molar-refractivity contribution < 1.29 is 9.53 Å². The van der Waals surface area contributed by atoms with Crippen LogP contribution >= 0.6 is 11.6 Å². The Morgan fingerprint density at radius 2 is 2.07 bits per heavy atom. The van der Waals surface area contributed by atoms with Crippen LogP contribution in [0.25, 0.3) is 0 Å². The Morgan fingerprint density at radius 1 is 1.25 bits per heavy atom. The number of nitrogens with zero attached hydrogens (tertiary/aromatic N) is 1. The summed E-state index contributed by atoms with van der Waals surface area (Å²) in [7, 11) is 1.70. The van der Waals surface area contributed by atoms with Gasteiger partial charge in [-0.3, -0.25) is 9.79 Å². The highest BCUT2D eigenvalue weighted by Crippen LogP contribution is 2.27. The molecule has 7 heteroatoms. The topological polar surface area (TPSA) is 74.8 Å². The third-order valence-electron chi connectivity index (χ3n) is 4.48. The molecule has 1 heterocycles. The number of aryl methyl sites for hydroxylation is 1. The number of benzene rings is 2. The number of hydrogen-bond donors (Lipinski definition) is 3. The molecule has 1 atom stereocenters. The maximum absolute atomic E-state index is 12.1. The second-order valence-corrected chi connectivity index (χ2v) is 7.12. The van der Waals surface area contributed by atoms with Crippen molar-refractivity contribution in [2.75, 3.05) is 25.5 Å². The summed E-state index contributed by atoms with van der Waals surface area (Å²) in [6.07, 6.45) is 1.25. The minimum Gasteiger partial charge on any atom is -0.488 e. The first-order valence-electron chi connectivity index (χ1n) is 9.30. The molecule has 0 bridgehead atoms. The maximum Gasteiger partial charge on any atom is 0.226 e. The van der Waals surface area contributed by atoms with E-state index < -0.39 is 0 Å². The number of para-hydroxylation sites is 1. The van der Waals surface area contributed by atoms with Crippen LogP contribution in [-0.2, 0) is 11.2 Å². The lowest BCUT2D eigenvalue weighted by atomic mass is 10.1. The Morgan fingerprint density at radius 3 is 2.82 bits per heavy atom. The third-order valence-corrected chi connectivity index (χ3v) is 4.79. The van der Waals surface area contributed by atoms with E-state index in [-0.39, 0.29) is 12.0 Å². The number of ether oxygens (including phenoxy) is 1. The number of rotatable bonds is 6. The Kier molecular flexibility index (Phi) is 6.76. The molecular weight excluding hydrogens is 376 g/mol. The van der Waals surface area contributed by atoms with Crippen LogP contribution in [0.3, 0.4) is 0 Å². The number of aliphatic imine (C=N–C) groups is 1. The number of hydrogen-bond acceptors (Lipinski definition) is 3. The fourth-order valence-corrected chi connectivity index (χ4v) is 3.31. The summed E-state index contributed by atoms with van der Waals surface area (Å²) in [4.78, 5) is 16.3. The maximum atomic E-state index is 12.1. The van der Waals surface area contributed by atoms with Gasteiger partial charge in [0.25, 0.3) is 0 Å². The minimum absolute atomic E-state index is 0.0722. The molecule has 2 aromatic carbocycles. The fraction of sp³-hybridized carbons (Fsp3) is 0.333. The molecule has 148 valence electrons. The van der Waals surface area contributed by atoms with E-state index in [1.807, 2.05) is 43.3 Å². The number of anilines is 1. The normalized spacial score (nSPS) is 15.5. The molecule has 3 N–H and O–H groups in total. The van der Waals surface area contributed by atoms with Crippen molar-refractivity contribution in [1.29, 1.82) is 0 Å². The van der Waals surface area contributed by atoms with Gasteiger partial charge in [0.2, 0.25) is 5.91 Å². The second kappa shape index (κ2) is 9.46. The van der Waals surface area contributed by atoms with Crippen molar-refractivity contribution in [3.8, 4) is 5.75 Å². The largest absolute Gasteiger partial charge is 0.488 e. The van der Waals surface area contributed by atoms with Crippen LogP contribution < -0.4 is 20.7 Å². The molecule has 1 aliphatic heterocycles. The Labute approximate surface area is 170 Å². The van der Waals surface area contributed by atoms with Gasteiger partial charge >= 0.3 is 0 Å². The summed E-state index contributed by atoms with van der Waals surface area (Å²) >= 11 is 6.15. The quantitative estimate of drug-likeness (QED) is 0.514. The molecule has 3 rings (SSSR count). The molecule has 0 saturated carbocycles.